The zero-order chi connectivity index (χ0) is 21.9. The van der Waals surface area contributed by atoms with Crippen LogP contribution in [0.3, 0.4) is 0 Å². The molecule has 1 fully saturated rings. The second-order valence-electron chi connectivity index (χ2n) is 7.37. The number of nitrogens with one attached hydrogen (secondary N) is 1. The summed E-state index contributed by atoms with van der Waals surface area (Å²) in [7, 11) is 0. The lowest BCUT2D eigenvalue weighted by molar-refractivity contribution is -0.0940. The zero-order valence-corrected chi connectivity index (χ0v) is 17.6. The number of carbonyl (C=O) groups is 2. The Bertz CT molecular complexity index is 930. The number of hydrogen-bond acceptors (Lipinski definition) is 6. The van der Waals surface area contributed by atoms with Crippen LogP contribution in [0.1, 0.15) is 27.6 Å². The van der Waals surface area contributed by atoms with Crippen molar-refractivity contribution in [2.24, 2.45) is 5.41 Å². The van der Waals surface area contributed by atoms with Crippen LogP contribution in [-0.4, -0.2) is 64.1 Å². The molecule has 8 nitrogen and oxygen atoms in total. The molecule has 0 aliphatic carbocycles. The first kappa shape index (κ1) is 22.5. The van der Waals surface area contributed by atoms with Gasteiger partial charge in [0.1, 0.15) is 11.3 Å². The fourth-order valence-corrected chi connectivity index (χ4v) is 3.69. The highest BCUT2D eigenvalue weighted by Gasteiger charge is 2.47. The Labute approximate surface area is 183 Å². The number of aromatic nitrogens is 1. The maximum absolute atomic E-state index is 12.4. The number of aliphatic hydroxyl groups excluding tert-OH is 1. The van der Waals surface area contributed by atoms with E-state index in [1.54, 1.807) is 37.3 Å². The van der Waals surface area contributed by atoms with Crippen LogP contribution in [0.5, 0.6) is 0 Å². The van der Waals surface area contributed by atoms with Crippen LogP contribution in [0.25, 0.3) is 0 Å². The van der Waals surface area contributed by atoms with Crippen molar-refractivity contribution in [2.75, 3.05) is 19.7 Å². The van der Waals surface area contributed by atoms with Gasteiger partial charge in [-0.2, -0.15) is 0 Å². The number of carbonyl (C=O) groups excluding carboxylic acids is 2. The van der Waals surface area contributed by atoms with Gasteiger partial charge >= 0.3 is 0 Å². The molecule has 3 N–H and O–H groups in total. The van der Waals surface area contributed by atoms with Crippen LogP contribution < -0.4 is 5.32 Å². The van der Waals surface area contributed by atoms with E-state index in [4.69, 9.17) is 27.9 Å². The number of nitrogens with zero attached hydrogens (tertiary/aromatic N) is 2. The lowest BCUT2D eigenvalue weighted by Crippen LogP contribution is -2.47. The first-order valence-electron chi connectivity index (χ1n) is 9.16. The number of rotatable bonds is 6. The summed E-state index contributed by atoms with van der Waals surface area (Å²) in [4.78, 5) is 28.5. The van der Waals surface area contributed by atoms with Gasteiger partial charge in [-0.25, -0.2) is 10.0 Å². The van der Waals surface area contributed by atoms with Gasteiger partial charge in [0.05, 0.1) is 29.8 Å². The number of hydroxylamine groups is 2. The number of amides is 2. The number of halogens is 2. The van der Waals surface area contributed by atoms with Gasteiger partial charge in [0.25, 0.3) is 11.8 Å². The summed E-state index contributed by atoms with van der Waals surface area (Å²) < 4.78 is 5.62. The standard InChI is InChI=1S/C20H21Cl2N3O5/c1-20(10-25(29)19(28)12-5-3-2-4-6-12)11-30-15(17(20)26)9-24-18(27)13-8-23-16(22)7-14(13)21/h2-8,15,17,26,29H,9-11H2,1H3,(H,24,27)/t15-,17-,20-/m1/s1. The van der Waals surface area contributed by atoms with Gasteiger partial charge in [0.2, 0.25) is 0 Å². The van der Waals surface area contributed by atoms with E-state index in [1.165, 1.54) is 12.3 Å². The van der Waals surface area contributed by atoms with Crippen LogP contribution in [0.15, 0.2) is 42.6 Å². The van der Waals surface area contributed by atoms with Crippen molar-refractivity contribution >= 4 is 35.0 Å². The Balaban J connectivity index is 1.58. The topological polar surface area (TPSA) is 112 Å². The van der Waals surface area contributed by atoms with E-state index in [-0.39, 0.29) is 35.4 Å². The van der Waals surface area contributed by atoms with Crippen molar-refractivity contribution in [1.29, 1.82) is 0 Å². The predicted octanol–water partition coefficient (Wildman–Crippen LogP) is 2.42. The molecule has 2 aromatic rings. The quantitative estimate of drug-likeness (QED) is 0.351. The van der Waals surface area contributed by atoms with Crippen molar-refractivity contribution in [3.63, 3.8) is 0 Å². The maximum Gasteiger partial charge on any atom is 0.277 e. The Morgan fingerprint density at radius 2 is 2.03 bits per heavy atom. The molecular formula is C20H21Cl2N3O5. The molecule has 1 saturated heterocycles. The van der Waals surface area contributed by atoms with Crippen molar-refractivity contribution in [1.82, 2.24) is 15.4 Å². The largest absolute Gasteiger partial charge is 0.390 e. The van der Waals surface area contributed by atoms with Crippen molar-refractivity contribution in [2.45, 2.75) is 19.1 Å². The monoisotopic (exact) mass is 453 g/mol. The van der Waals surface area contributed by atoms with Crippen molar-refractivity contribution in [3.8, 4) is 0 Å². The molecular weight excluding hydrogens is 433 g/mol. The van der Waals surface area contributed by atoms with Crippen LogP contribution in [-0.2, 0) is 4.74 Å². The summed E-state index contributed by atoms with van der Waals surface area (Å²) in [6.07, 6.45) is -0.498. The average molecular weight is 454 g/mol. The summed E-state index contributed by atoms with van der Waals surface area (Å²) in [5, 5.41) is 24.5. The molecule has 1 aromatic heterocycles. The Morgan fingerprint density at radius 1 is 1.33 bits per heavy atom. The number of benzene rings is 1. The first-order chi connectivity index (χ1) is 14.2. The highest BCUT2D eigenvalue weighted by Crippen LogP contribution is 2.33. The summed E-state index contributed by atoms with van der Waals surface area (Å²) >= 11 is 11.7. The Kier molecular flexibility index (Phi) is 6.95. The van der Waals surface area contributed by atoms with Crippen LogP contribution >= 0.6 is 23.2 Å². The minimum atomic E-state index is -1.03. The molecule has 2 heterocycles. The molecule has 0 saturated carbocycles. The molecule has 1 aliphatic heterocycles. The molecule has 0 spiro atoms. The molecule has 1 aromatic carbocycles. The maximum atomic E-state index is 12.4. The minimum Gasteiger partial charge on any atom is -0.390 e. The van der Waals surface area contributed by atoms with E-state index in [9.17, 15) is 19.9 Å². The SMILES string of the molecule is C[C@@]1(CN(O)C(=O)c2ccccc2)CO[C@H](CNC(=O)c2cnc(Cl)cc2Cl)[C@H]1O. The molecule has 3 atom stereocenters. The summed E-state index contributed by atoms with van der Waals surface area (Å²) in [6, 6.07) is 9.68. The normalized spacial score (nSPS) is 23.2. The number of aliphatic hydroxyl groups is 1. The van der Waals surface area contributed by atoms with E-state index in [1.807, 2.05) is 0 Å². The van der Waals surface area contributed by atoms with E-state index in [0.29, 0.717) is 10.6 Å². The van der Waals surface area contributed by atoms with Gasteiger partial charge in [-0.3, -0.25) is 14.8 Å². The molecule has 30 heavy (non-hydrogen) atoms. The lowest BCUT2D eigenvalue weighted by Gasteiger charge is -2.31. The molecule has 0 unspecified atom stereocenters. The van der Waals surface area contributed by atoms with Gasteiger partial charge < -0.3 is 15.2 Å². The Hall–Kier alpha value is -2.23. The van der Waals surface area contributed by atoms with Gasteiger partial charge in [0.15, 0.2) is 0 Å². The second-order valence-corrected chi connectivity index (χ2v) is 8.17. The third-order valence-electron chi connectivity index (χ3n) is 4.99. The first-order valence-corrected chi connectivity index (χ1v) is 9.91. The van der Waals surface area contributed by atoms with Crippen LogP contribution in [0.2, 0.25) is 10.2 Å². The summed E-state index contributed by atoms with van der Waals surface area (Å²) in [5.74, 6) is -1.07. The highest BCUT2D eigenvalue weighted by atomic mass is 35.5. The fraction of sp³-hybridized carbons (Fsp3) is 0.350. The van der Waals surface area contributed by atoms with E-state index in [2.05, 4.69) is 10.3 Å². The van der Waals surface area contributed by atoms with Crippen LogP contribution in [0.4, 0.5) is 0 Å². The number of pyridine rings is 1. The van der Waals surface area contributed by atoms with E-state index in [0.717, 1.165) is 0 Å². The van der Waals surface area contributed by atoms with Crippen molar-refractivity contribution in [3.05, 3.63) is 63.9 Å². The smallest absolute Gasteiger partial charge is 0.277 e. The van der Waals surface area contributed by atoms with Gasteiger partial charge in [0, 0.05) is 23.7 Å². The molecule has 10 heteroatoms. The van der Waals surface area contributed by atoms with E-state index < -0.39 is 29.4 Å². The predicted molar refractivity (Wildman–Crippen MR) is 110 cm³/mol. The molecule has 1 aliphatic rings. The van der Waals surface area contributed by atoms with E-state index >= 15 is 0 Å². The van der Waals surface area contributed by atoms with Gasteiger partial charge in [-0.15, -0.1) is 0 Å². The average Bonchev–Trinajstić information content (AvgIpc) is 3.00. The summed E-state index contributed by atoms with van der Waals surface area (Å²) in [5.41, 5.74) is -0.450. The Morgan fingerprint density at radius 3 is 2.70 bits per heavy atom. The second kappa shape index (κ2) is 9.28. The minimum absolute atomic E-state index is 0.00655. The van der Waals surface area contributed by atoms with Gasteiger partial charge in [-0.05, 0) is 18.2 Å². The van der Waals surface area contributed by atoms with Gasteiger partial charge in [-0.1, -0.05) is 48.3 Å². The zero-order valence-electron chi connectivity index (χ0n) is 16.1. The van der Waals surface area contributed by atoms with Crippen molar-refractivity contribution < 1.29 is 24.6 Å². The third-order valence-corrected chi connectivity index (χ3v) is 5.51. The molecule has 2 amide bonds. The van der Waals surface area contributed by atoms with Crippen LogP contribution in [0, 0.1) is 5.41 Å². The molecule has 3 rings (SSSR count). The molecule has 0 bridgehead atoms. The lowest BCUT2D eigenvalue weighted by atomic mass is 9.84. The molecule has 160 valence electrons. The fourth-order valence-electron chi connectivity index (χ4n) is 3.24. The number of hydrogen-bond donors (Lipinski definition) is 3. The molecule has 0 radical (unpaired) electrons. The number of ether oxygens (including phenoxy) is 1. The summed E-state index contributed by atoms with van der Waals surface area (Å²) in [6.45, 7) is 1.66. The highest BCUT2D eigenvalue weighted by molar-refractivity contribution is 6.36. The third kappa shape index (κ3) is 4.91.